The molecule has 4 rings (SSSR count). The molecule has 0 atom stereocenters. The van der Waals surface area contributed by atoms with Crippen LogP contribution in [0.2, 0.25) is 5.02 Å². The zero-order valence-electron chi connectivity index (χ0n) is 11.1. The molecule has 0 aliphatic heterocycles. The molecule has 3 heteroatoms. The van der Waals surface area contributed by atoms with Crippen molar-refractivity contribution in [2.45, 2.75) is 0 Å². The summed E-state index contributed by atoms with van der Waals surface area (Å²) in [6.07, 6.45) is 1.80. The average molecular weight is 291 g/mol. The second kappa shape index (κ2) is 4.83. The van der Waals surface area contributed by atoms with Gasteiger partial charge in [-0.2, -0.15) is 0 Å². The molecule has 0 saturated carbocycles. The zero-order valence-corrected chi connectivity index (χ0v) is 11.9. The van der Waals surface area contributed by atoms with Gasteiger partial charge in [-0.1, -0.05) is 41.9 Å². The van der Waals surface area contributed by atoms with Crippen LogP contribution in [0.15, 0.2) is 66.9 Å². The van der Waals surface area contributed by atoms with Crippen LogP contribution in [-0.4, -0.2) is 9.97 Å². The maximum atomic E-state index is 6.38. The summed E-state index contributed by atoms with van der Waals surface area (Å²) in [6.45, 7) is 0. The number of para-hydroxylation sites is 1. The van der Waals surface area contributed by atoms with Crippen LogP contribution in [0.3, 0.4) is 0 Å². The lowest BCUT2D eigenvalue weighted by Crippen LogP contribution is -1.87. The van der Waals surface area contributed by atoms with E-state index in [-0.39, 0.29) is 0 Å². The minimum atomic E-state index is 0.724. The number of nitrogens with zero attached hydrogens (tertiary/aromatic N) is 2. The number of aromatic nitrogens is 2. The number of pyridine rings is 2. The molecular formula is C18H11ClN2. The third kappa shape index (κ3) is 2.14. The molecule has 21 heavy (non-hydrogen) atoms. The van der Waals surface area contributed by atoms with E-state index in [9.17, 15) is 0 Å². The van der Waals surface area contributed by atoms with Gasteiger partial charge in [-0.25, -0.2) is 4.98 Å². The van der Waals surface area contributed by atoms with Gasteiger partial charge in [0, 0.05) is 22.5 Å². The van der Waals surface area contributed by atoms with Gasteiger partial charge < -0.3 is 0 Å². The average Bonchev–Trinajstić information content (AvgIpc) is 2.54. The van der Waals surface area contributed by atoms with Gasteiger partial charge in [0.25, 0.3) is 0 Å². The molecule has 0 unspecified atom stereocenters. The van der Waals surface area contributed by atoms with E-state index < -0.39 is 0 Å². The lowest BCUT2D eigenvalue weighted by Gasteiger charge is -2.06. The maximum absolute atomic E-state index is 6.38. The summed E-state index contributed by atoms with van der Waals surface area (Å²) in [4.78, 5) is 9.05. The Morgan fingerprint density at radius 2 is 1.71 bits per heavy atom. The quantitative estimate of drug-likeness (QED) is 0.487. The number of halogens is 1. The second-order valence-electron chi connectivity index (χ2n) is 4.92. The number of fused-ring (bicyclic) bond motifs is 2. The van der Waals surface area contributed by atoms with E-state index in [2.05, 4.69) is 17.1 Å². The van der Waals surface area contributed by atoms with E-state index in [0.29, 0.717) is 0 Å². The summed E-state index contributed by atoms with van der Waals surface area (Å²) in [6, 6.07) is 19.9. The van der Waals surface area contributed by atoms with Crippen LogP contribution in [0.25, 0.3) is 33.1 Å². The van der Waals surface area contributed by atoms with Gasteiger partial charge in [-0.15, -0.1) is 0 Å². The van der Waals surface area contributed by atoms with E-state index in [4.69, 9.17) is 16.6 Å². The number of rotatable bonds is 1. The molecule has 0 saturated heterocycles. The van der Waals surface area contributed by atoms with Crippen molar-refractivity contribution in [3.05, 3.63) is 71.9 Å². The van der Waals surface area contributed by atoms with Crippen molar-refractivity contribution in [3.8, 4) is 11.3 Å². The van der Waals surface area contributed by atoms with Crippen LogP contribution >= 0.6 is 11.6 Å². The Kier molecular flexibility index (Phi) is 2.83. The van der Waals surface area contributed by atoms with Crippen molar-refractivity contribution in [1.29, 1.82) is 0 Å². The van der Waals surface area contributed by atoms with Crippen LogP contribution in [-0.2, 0) is 0 Å². The van der Waals surface area contributed by atoms with Crippen molar-refractivity contribution in [2.24, 2.45) is 0 Å². The molecule has 2 heterocycles. The molecule has 0 fully saturated rings. The molecule has 0 amide bonds. The van der Waals surface area contributed by atoms with Gasteiger partial charge >= 0.3 is 0 Å². The first-order chi connectivity index (χ1) is 10.3. The fourth-order valence-electron chi connectivity index (χ4n) is 2.52. The van der Waals surface area contributed by atoms with Crippen molar-refractivity contribution in [2.75, 3.05) is 0 Å². The summed E-state index contributed by atoms with van der Waals surface area (Å²) in [7, 11) is 0. The van der Waals surface area contributed by atoms with Crippen LogP contribution in [0.4, 0.5) is 0 Å². The Bertz CT molecular complexity index is 963. The van der Waals surface area contributed by atoms with Crippen LogP contribution in [0.1, 0.15) is 0 Å². The van der Waals surface area contributed by atoms with Gasteiger partial charge in [0.2, 0.25) is 0 Å². The van der Waals surface area contributed by atoms with Crippen LogP contribution < -0.4 is 0 Å². The minimum Gasteiger partial charge on any atom is -0.256 e. The van der Waals surface area contributed by atoms with Crippen LogP contribution in [0.5, 0.6) is 0 Å². The van der Waals surface area contributed by atoms with Crippen molar-refractivity contribution in [1.82, 2.24) is 9.97 Å². The van der Waals surface area contributed by atoms with E-state index in [1.807, 2.05) is 48.5 Å². The second-order valence-corrected chi connectivity index (χ2v) is 5.32. The standard InChI is InChI=1S/C18H11ClN2/c19-15-11-18(21-17-6-2-1-5-14(15)17)13-7-8-16-12(10-13)4-3-9-20-16/h1-11H. The summed E-state index contributed by atoms with van der Waals surface area (Å²) >= 11 is 6.38. The first kappa shape index (κ1) is 12.3. The minimum absolute atomic E-state index is 0.724. The molecule has 2 nitrogen and oxygen atoms in total. The first-order valence-corrected chi connectivity index (χ1v) is 7.09. The summed E-state index contributed by atoms with van der Waals surface area (Å²) < 4.78 is 0. The van der Waals surface area contributed by atoms with Crippen molar-refractivity contribution in [3.63, 3.8) is 0 Å². The molecular weight excluding hydrogens is 280 g/mol. The van der Waals surface area contributed by atoms with Gasteiger partial charge in [0.05, 0.1) is 21.7 Å². The summed E-state index contributed by atoms with van der Waals surface area (Å²) in [5.41, 5.74) is 3.81. The largest absolute Gasteiger partial charge is 0.256 e. The smallest absolute Gasteiger partial charge is 0.0724 e. The Morgan fingerprint density at radius 3 is 2.67 bits per heavy atom. The Labute approximate surface area is 127 Å². The third-order valence-corrected chi connectivity index (χ3v) is 3.88. The predicted octanol–water partition coefficient (Wildman–Crippen LogP) is 5.10. The molecule has 0 aliphatic rings. The van der Waals surface area contributed by atoms with E-state index in [0.717, 1.165) is 38.1 Å². The molecule has 0 aliphatic carbocycles. The highest BCUT2D eigenvalue weighted by molar-refractivity contribution is 6.35. The summed E-state index contributed by atoms with van der Waals surface area (Å²) in [5.74, 6) is 0. The molecule has 0 bridgehead atoms. The highest BCUT2D eigenvalue weighted by Crippen LogP contribution is 2.29. The number of benzene rings is 2. The van der Waals surface area contributed by atoms with Crippen LogP contribution in [0, 0.1) is 0 Å². The lowest BCUT2D eigenvalue weighted by molar-refractivity contribution is 1.39. The molecule has 2 aromatic heterocycles. The zero-order chi connectivity index (χ0) is 14.2. The predicted molar refractivity (Wildman–Crippen MR) is 87.5 cm³/mol. The first-order valence-electron chi connectivity index (χ1n) is 6.72. The van der Waals surface area contributed by atoms with Crippen molar-refractivity contribution >= 4 is 33.4 Å². The van der Waals surface area contributed by atoms with Gasteiger partial charge in [0.15, 0.2) is 0 Å². The maximum Gasteiger partial charge on any atom is 0.0724 e. The van der Waals surface area contributed by atoms with Gasteiger partial charge in [-0.05, 0) is 30.3 Å². The fraction of sp³-hybridized carbons (Fsp3) is 0. The molecule has 0 spiro atoms. The molecule has 100 valence electrons. The lowest BCUT2D eigenvalue weighted by atomic mass is 10.1. The Balaban J connectivity index is 1.95. The highest BCUT2D eigenvalue weighted by atomic mass is 35.5. The van der Waals surface area contributed by atoms with E-state index >= 15 is 0 Å². The Morgan fingerprint density at radius 1 is 0.810 bits per heavy atom. The Hall–Kier alpha value is -2.45. The fourth-order valence-corrected chi connectivity index (χ4v) is 2.78. The van der Waals surface area contributed by atoms with Crippen molar-refractivity contribution < 1.29 is 0 Å². The number of hydrogen-bond donors (Lipinski definition) is 0. The molecule has 0 N–H and O–H groups in total. The molecule has 4 aromatic rings. The molecule has 2 aromatic carbocycles. The topological polar surface area (TPSA) is 25.8 Å². The van der Waals surface area contributed by atoms with E-state index in [1.54, 1.807) is 6.20 Å². The van der Waals surface area contributed by atoms with Gasteiger partial charge in [0.1, 0.15) is 0 Å². The monoisotopic (exact) mass is 290 g/mol. The summed E-state index contributed by atoms with van der Waals surface area (Å²) in [5, 5.41) is 2.80. The number of hydrogen-bond acceptors (Lipinski definition) is 2. The van der Waals surface area contributed by atoms with E-state index in [1.165, 1.54) is 0 Å². The molecule has 0 radical (unpaired) electrons. The normalized spacial score (nSPS) is 11.1. The highest BCUT2D eigenvalue weighted by Gasteiger charge is 2.06. The van der Waals surface area contributed by atoms with Gasteiger partial charge in [-0.3, -0.25) is 4.98 Å². The third-order valence-electron chi connectivity index (χ3n) is 3.56. The SMILES string of the molecule is Clc1cc(-c2ccc3ncccc3c2)nc2ccccc12.